The number of Topliss-reactive ketones (excluding diaryl/α,β-unsaturated/α-hetero) is 1. The molecule has 0 aliphatic carbocycles. The van der Waals surface area contributed by atoms with Gasteiger partial charge in [0, 0.05) is 11.1 Å². The van der Waals surface area contributed by atoms with E-state index in [1.165, 1.54) is 19.1 Å². The molecule has 19 heavy (non-hydrogen) atoms. The van der Waals surface area contributed by atoms with E-state index in [1.807, 2.05) is 0 Å². The number of ether oxygens (including phenoxy) is 1. The van der Waals surface area contributed by atoms with E-state index in [2.05, 4.69) is 0 Å². The highest BCUT2D eigenvalue weighted by Crippen LogP contribution is 2.22. The predicted molar refractivity (Wildman–Crippen MR) is 72.2 cm³/mol. The van der Waals surface area contributed by atoms with Crippen molar-refractivity contribution in [3.63, 3.8) is 0 Å². The third-order valence-corrected chi connectivity index (χ3v) is 3.04. The van der Waals surface area contributed by atoms with Gasteiger partial charge in [-0.3, -0.25) is 4.79 Å². The summed E-state index contributed by atoms with van der Waals surface area (Å²) in [6, 6.07) is 11.2. The molecular formula is C15H12ClFO2. The van der Waals surface area contributed by atoms with E-state index in [-0.39, 0.29) is 12.4 Å². The lowest BCUT2D eigenvalue weighted by molar-refractivity contribution is 0.101. The van der Waals surface area contributed by atoms with Crippen LogP contribution in [0.1, 0.15) is 22.8 Å². The van der Waals surface area contributed by atoms with Gasteiger partial charge in [0.25, 0.3) is 0 Å². The third kappa shape index (κ3) is 3.32. The molecule has 2 rings (SSSR count). The van der Waals surface area contributed by atoms with Crippen LogP contribution >= 0.6 is 11.6 Å². The fourth-order valence-electron chi connectivity index (χ4n) is 1.63. The van der Waals surface area contributed by atoms with Crippen molar-refractivity contribution in [1.29, 1.82) is 0 Å². The minimum Gasteiger partial charge on any atom is -0.489 e. The summed E-state index contributed by atoms with van der Waals surface area (Å²) in [6.45, 7) is 1.50. The fourth-order valence-corrected chi connectivity index (χ4v) is 1.85. The number of hydrogen-bond acceptors (Lipinski definition) is 2. The number of benzene rings is 2. The second-order valence-corrected chi connectivity index (χ2v) is 4.48. The summed E-state index contributed by atoms with van der Waals surface area (Å²) >= 11 is 5.90. The zero-order valence-corrected chi connectivity index (χ0v) is 11.1. The molecule has 0 radical (unpaired) electrons. The van der Waals surface area contributed by atoms with Gasteiger partial charge in [0.1, 0.15) is 18.2 Å². The summed E-state index contributed by atoms with van der Waals surface area (Å²) in [4.78, 5) is 11.2. The summed E-state index contributed by atoms with van der Waals surface area (Å²) in [7, 11) is 0. The highest BCUT2D eigenvalue weighted by atomic mass is 35.5. The number of ketones is 1. The van der Waals surface area contributed by atoms with E-state index in [4.69, 9.17) is 16.3 Å². The molecule has 0 heterocycles. The minimum atomic E-state index is -0.407. The van der Waals surface area contributed by atoms with Crippen molar-refractivity contribution in [2.24, 2.45) is 0 Å². The molecule has 0 aliphatic heterocycles. The summed E-state index contributed by atoms with van der Waals surface area (Å²) in [6.07, 6.45) is 0. The van der Waals surface area contributed by atoms with Crippen LogP contribution in [0.3, 0.4) is 0 Å². The standard InChI is InChI=1S/C15H12ClFO2/c1-10(18)11-4-2-5-12(8-11)19-9-13-14(16)6-3-7-15(13)17/h2-8H,9H2,1H3. The van der Waals surface area contributed by atoms with Gasteiger partial charge in [-0.15, -0.1) is 0 Å². The summed E-state index contributed by atoms with van der Waals surface area (Å²) < 4.78 is 19.0. The second kappa shape index (κ2) is 5.85. The van der Waals surface area contributed by atoms with E-state index >= 15 is 0 Å². The first kappa shape index (κ1) is 13.6. The van der Waals surface area contributed by atoms with Gasteiger partial charge in [-0.2, -0.15) is 0 Å². The smallest absolute Gasteiger partial charge is 0.159 e. The van der Waals surface area contributed by atoms with E-state index in [0.717, 1.165) is 0 Å². The lowest BCUT2D eigenvalue weighted by Crippen LogP contribution is -2.00. The second-order valence-electron chi connectivity index (χ2n) is 4.07. The largest absolute Gasteiger partial charge is 0.489 e. The Morgan fingerprint density at radius 2 is 2.00 bits per heavy atom. The Morgan fingerprint density at radius 3 is 2.68 bits per heavy atom. The SMILES string of the molecule is CC(=O)c1cccc(OCc2c(F)cccc2Cl)c1. The van der Waals surface area contributed by atoms with Crippen molar-refractivity contribution in [2.45, 2.75) is 13.5 Å². The zero-order valence-electron chi connectivity index (χ0n) is 10.3. The van der Waals surface area contributed by atoms with Crippen molar-refractivity contribution in [1.82, 2.24) is 0 Å². The van der Waals surface area contributed by atoms with Crippen LogP contribution in [0.4, 0.5) is 4.39 Å². The van der Waals surface area contributed by atoms with Crippen LogP contribution in [0.25, 0.3) is 0 Å². The highest BCUT2D eigenvalue weighted by molar-refractivity contribution is 6.31. The molecule has 0 atom stereocenters. The molecule has 2 nitrogen and oxygen atoms in total. The number of rotatable bonds is 4. The van der Waals surface area contributed by atoms with Crippen LogP contribution in [-0.2, 0) is 6.61 Å². The first-order chi connectivity index (χ1) is 9.08. The van der Waals surface area contributed by atoms with E-state index in [0.29, 0.717) is 21.9 Å². The Bertz CT molecular complexity index is 591. The average molecular weight is 279 g/mol. The van der Waals surface area contributed by atoms with Crippen LogP contribution in [0.2, 0.25) is 5.02 Å². The molecule has 0 bridgehead atoms. The van der Waals surface area contributed by atoms with Crippen molar-refractivity contribution >= 4 is 17.4 Å². The monoisotopic (exact) mass is 278 g/mol. The van der Waals surface area contributed by atoms with E-state index < -0.39 is 5.82 Å². The van der Waals surface area contributed by atoms with Gasteiger partial charge in [-0.05, 0) is 31.2 Å². The Labute approximate surface area is 115 Å². The third-order valence-electron chi connectivity index (χ3n) is 2.69. The van der Waals surface area contributed by atoms with Crippen molar-refractivity contribution in [3.8, 4) is 5.75 Å². The maximum Gasteiger partial charge on any atom is 0.159 e. The molecule has 98 valence electrons. The summed E-state index contributed by atoms with van der Waals surface area (Å²) in [5, 5.41) is 0.322. The Balaban J connectivity index is 2.15. The maximum atomic E-state index is 13.5. The van der Waals surface area contributed by atoms with E-state index in [9.17, 15) is 9.18 Å². The van der Waals surface area contributed by atoms with Gasteiger partial charge < -0.3 is 4.74 Å². The normalized spacial score (nSPS) is 10.3. The molecule has 0 aromatic heterocycles. The van der Waals surface area contributed by atoms with E-state index in [1.54, 1.807) is 30.3 Å². The van der Waals surface area contributed by atoms with Gasteiger partial charge >= 0.3 is 0 Å². The van der Waals surface area contributed by atoms with Gasteiger partial charge in [0.05, 0.1) is 5.02 Å². The molecule has 0 N–H and O–H groups in total. The molecule has 0 unspecified atom stereocenters. The van der Waals surface area contributed by atoms with Crippen LogP contribution in [0.15, 0.2) is 42.5 Å². The minimum absolute atomic E-state index is 0.0207. The van der Waals surface area contributed by atoms with Crippen molar-refractivity contribution in [3.05, 3.63) is 64.4 Å². The Morgan fingerprint density at radius 1 is 1.26 bits per heavy atom. The lowest BCUT2D eigenvalue weighted by Gasteiger charge is -2.09. The maximum absolute atomic E-state index is 13.5. The molecule has 2 aromatic rings. The van der Waals surface area contributed by atoms with Crippen molar-refractivity contribution in [2.75, 3.05) is 0 Å². The van der Waals surface area contributed by atoms with Gasteiger partial charge in [0.15, 0.2) is 5.78 Å². The first-order valence-electron chi connectivity index (χ1n) is 5.74. The molecular weight excluding hydrogens is 267 g/mol. The van der Waals surface area contributed by atoms with Gasteiger partial charge in [-0.25, -0.2) is 4.39 Å². The zero-order chi connectivity index (χ0) is 13.8. The van der Waals surface area contributed by atoms with Crippen LogP contribution in [-0.4, -0.2) is 5.78 Å². The number of hydrogen-bond donors (Lipinski definition) is 0. The first-order valence-corrected chi connectivity index (χ1v) is 6.12. The molecule has 0 saturated carbocycles. The van der Waals surface area contributed by atoms with Crippen molar-refractivity contribution < 1.29 is 13.9 Å². The quantitative estimate of drug-likeness (QED) is 0.781. The number of carbonyl (C=O) groups excluding carboxylic acids is 1. The molecule has 0 saturated heterocycles. The summed E-state index contributed by atoms with van der Waals surface area (Å²) in [5.74, 6) is 0.0524. The van der Waals surface area contributed by atoms with Crippen LogP contribution < -0.4 is 4.74 Å². The van der Waals surface area contributed by atoms with Gasteiger partial charge in [-0.1, -0.05) is 29.8 Å². The molecule has 2 aromatic carbocycles. The molecule has 4 heteroatoms. The molecule has 0 fully saturated rings. The number of halogens is 2. The topological polar surface area (TPSA) is 26.3 Å². The van der Waals surface area contributed by atoms with Crippen LogP contribution in [0, 0.1) is 5.82 Å². The Hall–Kier alpha value is -1.87. The fraction of sp³-hybridized carbons (Fsp3) is 0.133. The molecule has 0 aliphatic rings. The molecule has 0 amide bonds. The lowest BCUT2D eigenvalue weighted by atomic mass is 10.1. The Kier molecular flexibility index (Phi) is 4.17. The highest BCUT2D eigenvalue weighted by Gasteiger charge is 2.08. The molecule has 0 spiro atoms. The van der Waals surface area contributed by atoms with Crippen LogP contribution in [0.5, 0.6) is 5.75 Å². The average Bonchev–Trinajstić information content (AvgIpc) is 2.38. The predicted octanol–water partition coefficient (Wildman–Crippen LogP) is 4.26. The number of carbonyl (C=O) groups is 1. The summed E-state index contributed by atoms with van der Waals surface area (Å²) in [5.41, 5.74) is 0.856. The van der Waals surface area contributed by atoms with Gasteiger partial charge in [0.2, 0.25) is 0 Å².